The lowest BCUT2D eigenvalue weighted by Gasteiger charge is -2.38. The second-order valence-corrected chi connectivity index (χ2v) is 8.72. The van der Waals surface area contributed by atoms with Crippen LogP contribution in [-0.4, -0.2) is 74.3 Å². The lowest BCUT2D eigenvalue weighted by atomic mass is 10.1. The summed E-state index contributed by atoms with van der Waals surface area (Å²) >= 11 is 1.76. The molecule has 0 bridgehead atoms. The molecule has 4 rings (SSSR count). The number of nitrogens with zero attached hydrogens (tertiary/aromatic N) is 4. The number of pyridine rings is 1. The Kier molecular flexibility index (Phi) is 4.45. The molecule has 1 aromatic heterocycles. The van der Waals surface area contributed by atoms with Crippen LogP contribution in [0.3, 0.4) is 0 Å². The zero-order valence-corrected chi connectivity index (χ0v) is 15.4. The summed E-state index contributed by atoms with van der Waals surface area (Å²) < 4.78 is 0. The van der Waals surface area contributed by atoms with Crippen LogP contribution in [0.25, 0.3) is 0 Å². The molecule has 0 radical (unpaired) electrons. The molecule has 1 aromatic rings. The highest BCUT2D eigenvalue weighted by atomic mass is 32.2. The fraction of sp³-hybridized carbons (Fsp3) is 0.611. The van der Waals surface area contributed by atoms with Crippen molar-refractivity contribution in [2.75, 3.05) is 31.9 Å². The standard InChI is InChI=1S/C18H24N4O2S/c1-18-5-2-16(23)22(18)15(13-25-18)17(24)21-10-8-20(9-11-21)12-14-3-6-19-7-4-14/h3-4,6-7,15H,2,5,8-13H2,1H3. The van der Waals surface area contributed by atoms with Crippen molar-refractivity contribution in [3.63, 3.8) is 0 Å². The molecule has 0 saturated carbocycles. The quantitative estimate of drug-likeness (QED) is 0.810. The summed E-state index contributed by atoms with van der Waals surface area (Å²) in [6.07, 6.45) is 5.07. The highest BCUT2D eigenvalue weighted by Gasteiger charge is 2.53. The van der Waals surface area contributed by atoms with Gasteiger partial charge in [0.25, 0.3) is 0 Å². The molecule has 3 fully saturated rings. The predicted octanol–water partition coefficient (Wildman–Crippen LogP) is 1.18. The molecule has 2 atom stereocenters. The highest BCUT2D eigenvalue weighted by molar-refractivity contribution is 8.01. The van der Waals surface area contributed by atoms with Crippen molar-refractivity contribution in [1.82, 2.24) is 19.7 Å². The van der Waals surface area contributed by atoms with Crippen molar-refractivity contribution in [3.8, 4) is 0 Å². The van der Waals surface area contributed by atoms with E-state index in [-0.39, 0.29) is 22.7 Å². The van der Waals surface area contributed by atoms with Gasteiger partial charge in [-0.1, -0.05) is 0 Å². The average Bonchev–Trinajstić information content (AvgIpc) is 3.12. The molecule has 0 aromatic carbocycles. The van der Waals surface area contributed by atoms with Crippen molar-refractivity contribution in [2.24, 2.45) is 0 Å². The van der Waals surface area contributed by atoms with Gasteiger partial charge in [0, 0.05) is 57.3 Å². The Hall–Kier alpha value is -1.60. The SMILES string of the molecule is CC12CCC(=O)N1C(C(=O)N1CCN(Cc3ccncc3)CC1)CS2. The zero-order chi connectivity index (χ0) is 17.4. The fourth-order valence-corrected chi connectivity index (χ4v) is 5.51. The Labute approximate surface area is 152 Å². The number of fused-ring (bicyclic) bond motifs is 1. The van der Waals surface area contributed by atoms with Gasteiger partial charge in [-0.25, -0.2) is 0 Å². The van der Waals surface area contributed by atoms with Crippen LogP contribution in [0, 0.1) is 0 Å². The first-order valence-electron chi connectivity index (χ1n) is 8.93. The van der Waals surface area contributed by atoms with E-state index >= 15 is 0 Å². The van der Waals surface area contributed by atoms with E-state index in [2.05, 4.69) is 16.8 Å². The number of rotatable bonds is 3. The number of aromatic nitrogens is 1. The molecule has 0 spiro atoms. The maximum atomic E-state index is 13.0. The first kappa shape index (κ1) is 16.8. The number of piperazine rings is 1. The number of amides is 2. The summed E-state index contributed by atoms with van der Waals surface area (Å²) in [4.78, 5) is 35.3. The summed E-state index contributed by atoms with van der Waals surface area (Å²) in [5.41, 5.74) is 1.25. The normalized spacial score (nSPS) is 30.0. The van der Waals surface area contributed by atoms with E-state index in [1.807, 2.05) is 34.3 Å². The van der Waals surface area contributed by atoms with E-state index < -0.39 is 0 Å². The van der Waals surface area contributed by atoms with Gasteiger partial charge in [-0.05, 0) is 31.0 Å². The van der Waals surface area contributed by atoms with Crippen LogP contribution in [0.15, 0.2) is 24.5 Å². The van der Waals surface area contributed by atoms with E-state index in [4.69, 9.17) is 0 Å². The molecule has 134 valence electrons. The van der Waals surface area contributed by atoms with Crippen LogP contribution in [-0.2, 0) is 16.1 Å². The Morgan fingerprint density at radius 2 is 2.00 bits per heavy atom. The van der Waals surface area contributed by atoms with Gasteiger partial charge in [0.05, 0.1) is 4.87 Å². The fourth-order valence-electron chi connectivity index (χ4n) is 4.09. The van der Waals surface area contributed by atoms with Crippen LogP contribution < -0.4 is 0 Å². The van der Waals surface area contributed by atoms with Crippen molar-refractivity contribution in [1.29, 1.82) is 0 Å². The summed E-state index contributed by atoms with van der Waals surface area (Å²) in [5.74, 6) is 1.01. The average molecular weight is 360 g/mol. The van der Waals surface area contributed by atoms with E-state index in [0.717, 1.165) is 44.9 Å². The van der Waals surface area contributed by atoms with Crippen LogP contribution in [0.4, 0.5) is 0 Å². The predicted molar refractivity (Wildman–Crippen MR) is 96.8 cm³/mol. The molecule has 0 N–H and O–H groups in total. The van der Waals surface area contributed by atoms with Gasteiger partial charge in [0.1, 0.15) is 6.04 Å². The molecule has 4 heterocycles. The van der Waals surface area contributed by atoms with Gasteiger partial charge in [0.2, 0.25) is 11.8 Å². The summed E-state index contributed by atoms with van der Waals surface area (Å²) in [7, 11) is 0. The monoisotopic (exact) mass is 360 g/mol. The van der Waals surface area contributed by atoms with Gasteiger partial charge < -0.3 is 9.80 Å². The molecule has 3 aliphatic heterocycles. The minimum absolute atomic E-state index is 0.134. The minimum atomic E-state index is -0.267. The van der Waals surface area contributed by atoms with Crippen LogP contribution in [0.5, 0.6) is 0 Å². The molecule has 3 aliphatic rings. The van der Waals surface area contributed by atoms with Gasteiger partial charge in [-0.3, -0.25) is 19.5 Å². The lowest BCUT2D eigenvalue weighted by Crippen LogP contribution is -2.56. The van der Waals surface area contributed by atoms with Crippen LogP contribution in [0.2, 0.25) is 0 Å². The molecular formula is C18H24N4O2S. The van der Waals surface area contributed by atoms with Crippen molar-refractivity contribution in [3.05, 3.63) is 30.1 Å². The molecule has 7 heteroatoms. The Morgan fingerprint density at radius 1 is 1.28 bits per heavy atom. The van der Waals surface area contributed by atoms with E-state index in [1.165, 1.54) is 5.56 Å². The highest BCUT2D eigenvalue weighted by Crippen LogP contribution is 2.47. The number of carbonyl (C=O) groups is 2. The molecule has 2 unspecified atom stereocenters. The topological polar surface area (TPSA) is 56.8 Å². The maximum absolute atomic E-state index is 13.0. The molecule has 3 saturated heterocycles. The summed E-state index contributed by atoms with van der Waals surface area (Å²) in [6.45, 7) is 6.22. The van der Waals surface area contributed by atoms with E-state index in [9.17, 15) is 9.59 Å². The summed E-state index contributed by atoms with van der Waals surface area (Å²) in [5, 5.41) is 0. The van der Waals surface area contributed by atoms with Gasteiger partial charge in [-0.2, -0.15) is 0 Å². The van der Waals surface area contributed by atoms with E-state index in [1.54, 1.807) is 11.8 Å². The smallest absolute Gasteiger partial charge is 0.246 e. The number of carbonyl (C=O) groups excluding carboxylic acids is 2. The minimum Gasteiger partial charge on any atom is -0.338 e. The van der Waals surface area contributed by atoms with Gasteiger partial charge >= 0.3 is 0 Å². The largest absolute Gasteiger partial charge is 0.338 e. The lowest BCUT2D eigenvalue weighted by molar-refractivity contribution is -0.144. The Morgan fingerprint density at radius 3 is 2.72 bits per heavy atom. The van der Waals surface area contributed by atoms with Crippen molar-refractivity contribution < 1.29 is 9.59 Å². The Bertz CT molecular complexity index is 662. The van der Waals surface area contributed by atoms with Crippen LogP contribution >= 0.6 is 11.8 Å². The number of hydrogen-bond donors (Lipinski definition) is 0. The number of hydrogen-bond acceptors (Lipinski definition) is 5. The number of thioether (sulfide) groups is 1. The maximum Gasteiger partial charge on any atom is 0.246 e. The first-order chi connectivity index (χ1) is 12.1. The second kappa shape index (κ2) is 6.61. The zero-order valence-electron chi connectivity index (χ0n) is 14.6. The molecular weight excluding hydrogens is 336 g/mol. The van der Waals surface area contributed by atoms with Crippen molar-refractivity contribution >= 4 is 23.6 Å². The third-order valence-electron chi connectivity index (χ3n) is 5.57. The second-order valence-electron chi connectivity index (χ2n) is 7.22. The summed E-state index contributed by atoms with van der Waals surface area (Å²) in [6, 6.07) is 3.80. The third kappa shape index (κ3) is 3.15. The van der Waals surface area contributed by atoms with Gasteiger partial charge in [0.15, 0.2) is 0 Å². The molecule has 2 amide bonds. The molecule has 0 aliphatic carbocycles. The van der Waals surface area contributed by atoms with Crippen molar-refractivity contribution in [2.45, 2.75) is 37.2 Å². The third-order valence-corrected chi connectivity index (χ3v) is 7.07. The molecule has 6 nitrogen and oxygen atoms in total. The Balaban J connectivity index is 1.35. The van der Waals surface area contributed by atoms with Gasteiger partial charge in [-0.15, -0.1) is 11.8 Å². The van der Waals surface area contributed by atoms with E-state index in [0.29, 0.717) is 6.42 Å². The van der Waals surface area contributed by atoms with Crippen LogP contribution in [0.1, 0.15) is 25.3 Å². The first-order valence-corrected chi connectivity index (χ1v) is 9.91. The molecule has 25 heavy (non-hydrogen) atoms.